The lowest BCUT2D eigenvalue weighted by molar-refractivity contribution is 0.160. The number of nitrogens with zero attached hydrogens (tertiary/aromatic N) is 2. The summed E-state index contributed by atoms with van der Waals surface area (Å²) in [6.07, 6.45) is 4.21. The van der Waals surface area contributed by atoms with E-state index in [-0.39, 0.29) is 5.82 Å². The van der Waals surface area contributed by atoms with Gasteiger partial charge >= 0.3 is 0 Å². The Morgan fingerprint density at radius 3 is 2.89 bits per heavy atom. The summed E-state index contributed by atoms with van der Waals surface area (Å²) in [6.45, 7) is 1.84. The normalized spacial score (nSPS) is 19.6. The number of aryl methyl sites for hydroxylation is 1. The fourth-order valence-electron chi connectivity index (χ4n) is 4.43. The first-order chi connectivity index (χ1) is 13.2. The number of benzene rings is 2. The van der Waals surface area contributed by atoms with Crippen LogP contribution in [0.1, 0.15) is 28.9 Å². The molecule has 1 atom stereocenters. The summed E-state index contributed by atoms with van der Waals surface area (Å²) in [6, 6.07) is 13.6. The summed E-state index contributed by atoms with van der Waals surface area (Å²) in [7, 11) is 0. The van der Waals surface area contributed by atoms with Gasteiger partial charge in [0.2, 0.25) is 0 Å². The molecule has 1 aliphatic heterocycles. The zero-order valence-electron chi connectivity index (χ0n) is 15.0. The van der Waals surface area contributed by atoms with Crippen LogP contribution in [0.2, 0.25) is 5.02 Å². The quantitative estimate of drug-likeness (QED) is 0.692. The van der Waals surface area contributed by atoms with Gasteiger partial charge in [-0.15, -0.1) is 0 Å². The summed E-state index contributed by atoms with van der Waals surface area (Å²) in [5, 5.41) is 0.818. The molecule has 3 aromatic rings. The molecule has 5 heteroatoms. The first-order valence-electron chi connectivity index (χ1n) is 9.51. The van der Waals surface area contributed by atoms with Crippen LogP contribution in [0.3, 0.4) is 0 Å². The lowest BCUT2D eigenvalue weighted by Crippen LogP contribution is -2.42. The van der Waals surface area contributed by atoms with E-state index in [4.69, 9.17) is 11.6 Å². The van der Waals surface area contributed by atoms with Crippen LogP contribution in [0, 0.1) is 5.82 Å². The van der Waals surface area contributed by atoms with Gasteiger partial charge in [0.15, 0.2) is 0 Å². The Kier molecular flexibility index (Phi) is 4.25. The van der Waals surface area contributed by atoms with Gasteiger partial charge in [-0.05, 0) is 54.7 Å². The highest BCUT2D eigenvalue weighted by atomic mass is 35.5. The number of nitrogens with one attached hydrogen (secondary N) is 1. The maximum absolute atomic E-state index is 14.1. The standard InChI is InChI=1S/C22H21ClFN3/c23-16-7-5-14-6-8-17(12-15(14)11-16)27-10-9-20-21(13-27)26-22(25-20)18-3-1-2-4-19(18)24/h1-5,7,11,17H,6,8-10,12-13H2,(H,25,26). The lowest BCUT2D eigenvalue weighted by Gasteiger charge is -2.37. The van der Waals surface area contributed by atoms with Crippen molar-refractivity contribution < 1.29 is 4.39 Å². The Hall–Kier alpha value is -2.17. The highest BCUT2D eigenvalue weighted by molar-refractivity contribution is 6.30. The molecular weight excluding hydrogens is 361 g/mol. The third-order valence-corrected chi connectivity index (χ3v) is 6.11. The van der Waals surface area contributed by atoms with Gasteiger partial charge in [-0.1, -0.05) is 29.8 Å². The fourth-order valence-corrected chi connectivity index (χ4v) is 4.62. The van der Waals surface area contributed by atoms with Crippen LogP contribution in [-0.4, -0.2) is 27.5 Å². The van der Waals surface area contributed by atoms with Gasteiger partial charge in [0.25, 0.3) is 0 Å². The molecule has 0 saturated carbocycles. The average molecular weight is 382 g/mol. The molecule has 1 aromatic heterocycles. The highest BCUT2D eigenvalue weighted by Gasteiger charge is 2.29. The van der Waals surface area contributed by atoms with Crippen LogP contribution in [0.25, 0.3) is 11.4 Å². The molecule has 0 fully saturated rings. The summed E-state index contributed by atoms with van der Waals surface area (Å²) in [5.41, 5.74) is 5.54. The molecule has 138 valence electrons. The van der Waals surface area contributed by atoms with E-state index in [1.54, 1.807) is 12.1 Å². The molecule has 1 unspecified atom stereocenters. The minimum atomic E-state index is -0.235. The Balaban J connectivity index is 1.37. The molecule has 27 heavy (non-hydrogen) atoms. The largest absolute Gasteiger partial charge is 0.340 e. The Labute approximate surface area is 163 Å². The van der Waals surface area contributed by atoms with E-state index >= 15 is 0 Å². The van der Waals surface area contributed by atoms with E-state index in [1.165, 1.54) is 17.2 Å². The Bertz CT molecular complexity index is 997. The molecule has 0 radical (unpaired) electrons. The van der Waals surface area contributed by atoms with Crippen molar-refractivity contribution in [2.45, 2.75) is 38.3 Å². The number of aromatic amines is 1. The van der Waals surface area contributed by atoms with E-state index in [1.807, 2.05) is 12.1 Å². The van der Waals surface area contributed by atoms with Gasteiger partial charge in [-0.25, -0.2) is 9.37 Å². The third-order valence-electron chi connectivity index (χ3n) is 5.88. The smallest absolute Gasteiger partial charge is 0.140 e. The number of imidazole rings is 1. The molecule has 1 aliphatic carbocycles. The number of aromatic nitrogens is 2. The van der Waals surface area contributed by atoms with Crippen molar-refractivity contribution in [3.63, 3.8) is 0 Å². The fraction of sp³-hybridized carbons (Fsp3) is 0.318. The molecule has 3 nitrogen and oxygen atoms in total. The van der Waals surface area contributed by atoms with Crippen molar-refractivity contribution >= 4 is 11.6 Å². The van der Waals surface area contributed by atoms with Gasteiger partial charge in [0.05, 0.1) is 17.0 Å². The number of halogens is 2. The molecular formula is C22H21ClFN3. The number of hydrogen-bond acceptors (Lipinski definition) is 2. The molecule has 5 rings (SSSR count). The first-order valence-corrected chi connectivity index (χ1v) is 9.89. The van der Waals surface area contributed by atoms with Gasteiger partial charge in [-0.2, -0.15) is 0 Å². The lowest BCUT2D eigenvalue weighted by atomic mass is 9.87. The van der Waals surface area contributed by atoms with Crippen LogP contribution in [0.15, 0.2) is 42.5 Å². The SMILES string of the molecule is Fc1ccccc1-c1nc2c([nH]1)CN(C1CCc3ccc(Cl)cc3C1)CC2. The van der Waals surface area contributed by atoms with Crippen LogP contribution in [0.5, 0.6) is 0 Å². The van der Waals surface area contributed by atoms with E-state index in [0.29, 0.717) is 17.4 Å². The second kappa shape index (κ2) is 6.77. The maximum Gasteiger partial charge on any atom is 0.140 e. The van der Waals surface area contributed by atoms with E-state index in [2.05, 4.69) is 27.0 Å². The van der Waals surface area contributed by atoms with Crippen LogP contribution >= 0.6 is 11.6 Å². The maximum atomic E-state index is 14.1. The van der Waals surface area contributed by atoms with Crippen molar-refractivity contribution in [2.24, 2.45) is 0 Å². The monoisotopic (exact) mass is 381 g/mol. The summed E-state index contributed by atoms with van der Waals surface area (Å²) >= 11 is 6.19. The minimum absolute atomic E-state index is 0.235. The van der Waals surface area contributed by atoms with Crippen molar-refractivity contribution in [3.05, 3.63) is 75.8 Å². The zero-order valence-corrected chi connectivity index (χ0v) is 15.8. The number of fused-ring (bicyclic) bond motifs is 2. The van der Waals surface area contributed by atoms with E-state index in [0.717, 1.165) is 55.2 Å². The van der Waals surface area contributed by atoms with Crippen molar-refractivity contribution in [2.75, 3.05) is 6.54 Å². The molecule has 0 bridgehead atoms. The van der Waals surface area contributed by atoms with E-state index < -0.39 is 0 Å². The minimum Gasteiger partial charge on any atom is -0.340 e. The molecule has 2 aliphatic rings. The van der Waals surface area contributed by atoms with E-state index in [9.17, 15) is 4.39 Å². The summed E-state index contributed by atoms with van der Waals surface area (Å²) < 4.78 is 14.1. The number of rotatable bonds is 2. The predicted molar refractivity (Wildman–Crippen MR) is 105 cm³/mol. The van der Waals surface area contributed by atoms with Crippen LogP contribution in [-0.2, 0) is 25.8 Å². The van der Waals surface area contributed by atoms with Crippen LogP contribution < -0.4 is 0 Å². The zero-order chi connectivity index (χ0) is 18.4. The van der Waals surface area contributed by atoms with Crippen molar-refractivity contribution in [1.29, 1.82) is 0 Å². The second-order valence-electron chi connectivity index (χ2n) is 7.52. The topological polar surface area (TPSA) is 31.9 Å². The van der Waals surface area contributed by atoms with Gasteiger partial charge in [-0.3, -0.25) is 4.90 Å². The second-order valence-corrected chi connectivity index (χ2v) is 7.96. The average Bonchev–Trinajstić information content (AvgIpc) is 3.10. The summed E-state index contributed by atoms with van der Waals surface area (Å²) in [4.78, 5) is 10.6. The molecule has 2 aromatic carbocycles. The van der Waals surface area contributed by atoms with Crippen molar-refractivity contribution in [1.82, 2.24) is 14.9 Å². The van der Waals surface area contributed by atoms with Gasteiger partial charge in [0.1, 0.15) is 11.6 Å². The molecule has 2 heterocycles. The molecule has 0 amide bonds. The summed E-state index contributed by atoms with van der Waals surface area (Å²) in [5.74, 6) is 0.405. The van der Waals surface area contributed by atoms with Crippen molar-refractivity contribution in [3.8, 4) is 11.4 Å². The predicted octanol–water partition coefficient (Wildman–Crippen LogP) is 4.78. The number of hydrogen-bond donors (Lipinski definition) is 1. The molecule has 0 spiro atoms. The molecule has 0 saturated heterocycles. The molecule has 1 N–H and O–H groups in total. The van der Waals surface area contributed by atoms with Gasteiger partial charge < -0.3 is 4.98 Å². The highest BCUT2D eigenvalue weighted by Crippen LogP contribution is 2.31. The first kappa shape index (κ1) is 17.0. The Morgan fingerprint density at radius 2 is 2.00 bits per heavy atom. The van der Waals surface area contributed by atoms with Crippen LogP contribution in [0.4, 0.5) is 4.39 Å². The number of H-pyrrole nitrogens is 1. The van der Waals surface area contributed by atoms with Gasteiger partial charge in [0, 0.05) is 30.6 Å². The third kappa shape index (κ3) is 3.17. The Morgan fingerprint density at radius 1 is 1.11 bits per heavy atom.